The van der Waals surface area contributed by atoms with E-state index in [0.717, 1.165) is 0 Å². The molecule has 0 saturated heterocycles. The number of carbonyl (C=O) groups is 2. The van der Waals surface area contributed by atoms with Gasteiger partial charge in [0.2, 0.25) is 0 Å². The molecule has 1 heterocycles. The van der Waals surface area contributed by atoms with E-state index in [2.05, 4.69) is 10.9 Å². The minimum Gasteiger partial charge on any atom is -0.507 e. The van der Waals surface area contributed by atoms with Crippen LogP contribution in [-0.2, 0) is 0 Å². The Kier molecular flexibility index (Phi) is 5.68. The molecule has 3 aromatic rings. The molecule has 2 aromatic carbocycles. The third-order valence-electron chi connectivity index (χ3n) is 4.01. The number of phenolic OH excluding ortho intramolecular Hbond substituents is 1. The maximum absolute atomic E-state index is 12.4. The third-order valence-corrected chi connectivity index (χ3v) is 4.01. The highest BCUT2D eigenvalue weighted by molar-refractivity contribution is 6.01. The van der Waals surface area contributed by atoms with Gasteiger partial charge in [-0.3, -0.25) is 20.4 Å². The van der Waals surface area contributed by atoms with E-state index in [4.69, 9.17) is 13.9 Å². The Morgan fingerprint density at radius 3 is 2.48 bits per heavy atom. The lowest BCUT2D eigenvalue weighted by Gasteiger charge is -2.10. The highest BCUT2D eigenvalue weighted by atomic mass is 16.5. The molecular formula is C20H18N2O7. The molecular weight excluding hydrogens is 380 g/mol. The van der Waals surface area contributed by atoms with Crippen molar-refractivity contribution in [2.45, 2.75) is 6.92 Å². The summed E-state index contributed by atoms with van der Waals surface area (Å²) in [5, 5.41) is 10.3. The van der Waals surface area contributed by atoms with Gasteiger partial charge in [-0.25, -0.2) is 4.79 Å². The average Bonchev–Trinajstić information content (AvgIpc) is 2.72. The topological polar surface area (TPSA) is 127 Å². The van der Waals surface area contributed by atoms with Crippen LogP contribution in [0, 0.1) is 0 Å². The number of nitrogens with one attached hydrogen (secondary N) is 2. The Hall–Kier alpha value is -4.01. The number of hydrogen-bond acceptors (Lipinski definition) is 7. The summed E-state index contributed by atoms with van der Waals surface area (Å²) in [6.45, 7) is 2.18. The van der Waals surface area contributed by atoms with Gasteiger partial charge in [-0.05, 0) is 37.3 Å². The van der Waals surface area contributed by atoms with Crippen molar-refractivity contribution in [2.75, 3.05) is 13.7 Å². The second kappa shape index (κ2) is 8.34. The first kappa shape index (κ1) is 19.7. The van der Waals surface area contributed by atoms with Crippen molar-refractivity contribution in [3.8, 4) is 17.2 Å². The number of methoxy groups -OCH3 is 1. The molecule has 0 spiro atoms. The standard InChI is InChI=1S/C20H18N2O7/c1-3-28-16-6-4-5-11-9-14(20(26)29-17(11)16)19(25)22-21-18(24)13-10-12(27-2)7-8-15(13)23/h4-10,23H,3H2,1-2H3,(H,21,24)(H,22,25). The van der Waals surface area contributed by atoms with Gasteiger partial charge in [0, 0.05) is 5.39 Å². The van der Waals surface area contributed by atoms with Gasteiger partial charge in [-0.15, -0.1) is 0 Å². The fraction of sp³-hybridized carbons (Fsp3) is 0.150. The molecule has 0 atom stereocenters. The van der Waals surface area contributed by atoms with Crippen LogP contribution in [0.25, 0.3) is 11.0 Å². The van der Waals surface area contributed by atoms with Crippen LogP contribution in [0.1, 0.15) is 27.6 Å². The van der Waals surface area contributed by atoms with Gasteiger partial charge in [0.15, 0.2) is 11.3 Å². The first-order valence-electron chi connectivity index (χ1n) is 8.62. The van der Waals surface area contributed by atoms with Crippen LogP contribution in [0.5, 0.6) is 17.2 Å². The molecule has 0 aliphatic heterocycles. The van der Waals surface area contributed by atoms with Crippen molar-refractivity contribution in [2.24, 2.45) is 0 Å². The number of aromatic hydroxyl groups is 1. The zero-order chi connectivity index (χ0) is 21.0. The lowest BCUT2D eigenvalue weighted by atomic mass is 10.1. The van der Waals surface area contributed by atoms with Gasteiger partial charge in [0.05, 0.1) is 19.3 Å². The first-order valence-corrected chi connectivity index (χ1v) is 8.62. The normalized spacial score (nSPS) is 10.4. The average molecular weight is 398 g/mol. The molecule has 0 fully saturated rings. The number of para-hydroxylation sites is 1. The quantitative estimate of drug-likeness (QED) is 0.443. The molecule has 0 saturated carbocycles. The van der Waals surface area contributed by atoms with Crippen molar-refractivity contribution in [1.82, 2.24) is 10.9 Å². The number of benzene rings is 2. The number of ether oxygens (including phenoxy) is 2. The Morgan fingerprint density at radius 2 is 1.79 bits per heavy atom. The maximum atomic E-state index is 12.4. The molecule has 0 aliphatic carbocycles. The number of hydrazine groups is 1. The number of carbonyl (C=O) groups excluding carboxylic acids is 2. The number of fused-ring (bicyclic) bond motifs is 1. The summed E-state index contributed by atoms with van der Waals surface area (Å²) in [4.78, 5) is 36.8. The largest absolute Gasteiger partial charge is 0.507 e. The van der Waals surface area contributed by atoms with E-state index in [-0.39, 0.29) is 22.5 Å². The number of phenols is 1. The molecule has 9 heteroatoms. The maximum Gasteiger partial charge on any atom is 0.349 e. The van der Waals surface area contributed by atoms with Crippen molar-refractivity contribution in [3.05, 3.63) is 64.0 Å². The Balaban J connectivity index is 1.81. The van der Waals surface area contributed by atoms with Crippen LogP contribution in [0.15, 0.2) is 51.7 Å². The van der Waals surface area contributed by atoms with Crippen molar-refractivity contribution < 1.29 is 28.6 Å². The van der Waals surface area contributed by atoms with Crippen molar-refractivity contribution in [1.29, 1.82) is 0 Å². The number of hydrogen-bond donors (Lipinski definition) is 3. The molecule has 1 aromatic heterocycles. The monoisotopic (exact) mass is 398 g/mol. The van der Waals surface area contributed by atoms with Gasteiger partial charge < -0.3 is 19.0 Å². The van der Waals surface area contributed by atoms with Crippen molar-refractivity contribution in [3.63, 3.8) is 0 Å². The zero-order valence-corrected chi connectivity index (χ0v) is 15.6. The van der Waals surface area contributed by atoms with Gasteiger partial charge in [0.1, 0.15) is 17.1 Å². The van der Waals surface area contributed by atoms with Gasteiger partial charge in [-0.2, -0.15) is 0 Å². The number of rotatable bonds is 5. The summed E-state index contributed by atoms with van der Waals surface area (Å²) in [5.74, 6) is -1.24. The molecule has 0 aliphatic rings. The SMILES string of the molecule is CCOc1cccc2cc(C(=O)NNC(=O)c3cc(OC)ccc3O)c(=O)oc12. The summed E-state index contributed by atoms with van der Waals surface area (Å²) in [7, 11) is 1.41. The zero-order valence-electron chi connectivity index (χ0n) is 15.6. The molecule has 9 nitrogen and oxygen atoms in total. The van der Waals surface area contributed by atoms with Gasteiger partial charge >= 0.3 is 5.63 Å². The summed E-state index contributed by atoms with van der Waals surface area (Å²) in [5.41, 5.74) is 3.18. The fourth-order valence-corrected chi connectivity index (χ4v) is 2.62. The fourth-order valence-electron chi connectivity index (χ4n) is 2.62. The highest BCUT2D eigenvalue weighted by Crippen LogP contribution is 2.25. The van der Waals surface area contributed by atoms with Gasteiger partial charge in [0.25, 0.3) is 11.8 Å². The van der Waals surface area contributed by atoms with E-state index in [1.807, 2.05) is 0 Å². The van der Waals surface area contributed by atoms with E-state index in [1.165, 1.54) is 31.4 Å². The van der Waals surface area contributed by atoms with Crippen molar-refractivity contribution >= 4 is 22.8 Å². The highest BCUT2D eigenvalue weighted by Gasteiger charge is 2.18. The molecule has 150 valence electrons. The summed E-state index contributed by atoms with van der Waals surface area (Å²) in [6.07, 6.45) is 0. The van der Waals surface area contributed by atoms with Crippen LogP contribution in [-0.4, -0.2) is 30.6 Å². The van der Waals surface area contributed by atoms with E-state index >= 15 is 0 Å². The lowest BCUT2D eigenvalue weighted by molar-refractivity contribution is 0.0842. The second-order valence-corrected chi connectivity index (χ2v) is 5.85. The minimum atomic E-state index is -0.888. The predicted molar refractivity (Wildman–Crippen MR) is 103 cm³/mol. The third kappa shape index (κ3) is 4.13. The van der Waals surface area contributed by atoms with E-state index in [1.54, 1.807) is 25.1 Å². The Bertz CT molecular complexity index is 1140. The Morgan fingerprint density at radius 1 is 1.07 bits per heavy atom. The first-order chi connectivity index (χ1) is 13.9. The molecule has 3 N–H and O–H groups in total. The molecule has 2 amide bonds. The van der Waals surface area contributed by atoms with Crippen LogP contribution >= 0.6 is 0 Å². The van der Waals surface area contributed by atoms with E-state index in [9.17, 15) is 19.5 Å². The van der Waals surface area contributed by atoms with E-state index in [0.29, 0.717) is 23.5 Å². The summed E-state index contributed by atoms with van der Waals surface area (Å²) in [6, 6.07) is 10.4. The summed E-state index contributed by atoms with van der Waals surface area (Å²) < 4.78 is 15.6. The minimum absolute atomic E-state index is 0.114. The van der Waals surface area contributed by atoms with Crippen LogP contribution in [0.2, 0.25) is 0 Å². The predicted octanol–water partition coefficient (Wildman–Crippen LogP) is 1.98. The molecule has 3 rings (SSSR count). The number of amides is 2. The molecule has 0 radical (unpaired) electrons. The molecule has 29 heavy (non-hydrogen) atoms. The molecule has 0 bridgehead atoms. The van der Waals surface area contributed by atoms with Crippen LogP contribution in [0.3, 0.4) is 0 Å². The Labute approximate surface area is 164 Å². The summed E-state index contributed by atoms with van der Waals surface area (Å²) >= 11 is 0. The van der Waals surface area contributed by atoms with Crippen LogP contribution < -0.4 is 26.0 Å². The molecule has 0 unspecified atom stereocenters. The van der Waals surface area contributed by atoms with E-state index < -0.39 is 17.4 Å². The van der Waals surface area contributed by atoms with Gasteiger partial charge in [-0.1, -0.05) is 12.1 Å². The van der Waals surface area contributed by atoms with Crippen LogP contribution in [0.4, 0.5) is 0 Å². The lowest BCUT2D eigenvalue weighted by Crippen LogP contribution is -2.43. The smallest absolute Gasteiger partial charge is 0.349 e. The second-order valence-electron chi connectivity index (χ2n) is 5.85.